The van der Waals surface area contributed by atoms with E-state index >= 15 is 0 Å². The summed E-state index contributed by atoms with van der Waals surface area (Å²) in [5, 5.41) is 4.26. The molecule has 0 spiro atoms. The minimum Gasteiger partial charge on any atom is -0.353 e. The van der Waals surface area contributed by atoms with Crippen LogP contribution in [0, 0.1) is 6.92 Å². The van der Waals surface area contributed by atoms with Crippen molar-refractivity contribution in [1.82, 2.24) is 34.0 Å². The van der Waals surface area contributed by atoms with Gasteiger partial charge in [0.05, 0.1) is 23.0 Å². The predicted octanol–water partition coefficient (Wildman–Crippen LogP) is 3.20. The van der Waals surface area contributed by atoms with E-state index in [1.807, 2.05) is 23.6 Å². The highest BCUT2D eigenvalue weighted by Crippen LogP contribution is 2.30. The summed E-state index contributed by atoms with van der Waals surface area (Å²) in [4.78, 5) is 30.0. The summed E-state index contributed by atoms with van der Waals surface area (Å²) in [6.07, 6.45) is 1.30. The summed E-state index contributed by atoms with van der Waals surface area (Å²) >= 11 is 0. The molecular weight excluding hydrogens is 461 g/mol. The number of aromatic nitrogens is 6. The average Bonchev–Trinajstić information content (AvgIpc) is 3.40. The Bertz CT molecular complexity index is 1410. The third-order valence-corrected chi connectivity index (χ3v) is 6.16. The fraction of sp³-hybridized carbons (Fsp3) is 0.348. The lowest BCUT2D eigenvalue weighted by Crippen LogP contribution is -2.54. The Morgan fingerprint density at radius 3 is 2.60 bits per heavy atom. The van der Waals surface area contributed by atoms with E-state index in [1.165, 1.54) is 16.7 Å². The molecular formula is C23H23F3N8O. The van der Waals surface area contributed by atoms with Gasteiger partial charge in [-0.3, -0.25) is 13.9 Å². The first-order chi connectivity index (χ1) is 16.6. The standard InChI is InChI=1S/C23H23F3N8O/c1-14-11-32(8-9-33(14)22(35)17-13-31(3)30-15(17)2)20-6-7-27-21(29-20)18-10-28-19-5-4-16(12-34(18)19)23(24,25)26/h4-7,10,12-14H,8-9,11H2,1-3H3/t14-/m0/s1. The number of fused-ring (bicyclic) bond motifs is 1. The lowest BCUT2D eigenvalue weighted by molar-refractivity contribution is -0.137. The van der Waals surface area contributed by atoms with Crippen LogP contribution in [0.4, 0.5) is 19.0 Å². The highest BCUT2D eigenvalue weighted by molar-refractivity contribution is 5.95. The zero-order chi connectivity index (χ0) is 24.9. The third-order valence-electron chi connectivity index (χ3n) is 6.16. The number of imidazole rings is 1. The fourth-order valence-electron chi connectivity index (χ4n) is 4.39. The normalized spacial score (nSPS) is 16.8. The average molecular weight is 484 g/mol. The van der Waals surface area contributed by atoms with E-state index in [4.69, 9.17) is 0 Å². The quantitative estimate of drug-likeness (QED) is 0.444. The molecule has 4 aromatic heterocycles. The van der Waals surface area contributed by atoms with Gasteiger partial charge in [-0.05, 0) is 32.0 Å². The second-order valence-electron chi connectivity index (χ2n) is 8.62. The molecule has 0 N–H and O–H groups in total. The van der Waals surface area contributed by atoms with E-state index in [0.29, 0.717) is 48.1 Å². The SMILES string of the molecule is Cc1nn(C)cc1C(=O)N1CCN(c2ccnc(-c3cnc4ccc(C(F)(F)F)cn34)n2)C[C@@H]1C. The van der Waals surface area contributed by atoms with Gasteiger partial charge in [-0.15, -0.1) is 0 Å². The summed E-state index contributed by atoms with van der Waals surface area (Å²) in [5.41, 5.74) is 1.23. The molecule has 35 heavy (non-hydrogen) atoms. The van der Waals surface area contributed by atoms with Crippen LogP contribution in [0.15, 0.2) is 43.0 Å². The van der Waals surface area contributed by atoms with Crippen molar-refractivity contribution in [3.8, 4) is 11.5 Å². The maximum absolute atomic E-state index is 13.2. The lowest BCUT2D eigenvalue weighted by atomic mass is 10.1. The first kappa shape index (κ1) is 22.8. The second kappa shape index (κ2) is 8.36. The number of piperazine rings is 1. The van der Waals surface area contributed by atoms with Crippen LogP contribution in [0.2, 0.25) is 0 Å². The molecule has 12 heteroatoms. The van der Waals surface area contributed by atoms with Crippen LogP contribution >= 0.6 is 0 Å². The number of halogens is 3. The van der Waals surface area contributed by atoms with E-state index in [-0.39, 0.29) is 17.8 Å². The Balaban J connectivity index is 1.38. The zero-order valence-electron chi connectivity index (χ0n) is 19.4. The minimum atomic E-state index is -4.47. The first-order valence-corrected chi connectivity index (χ1v) is 11.1. The number of carbonyl (C=O) groups is 1. The van der Waals surface area contributed by atoms with Gasteiger partial charge in [0, 0.05) is 51.3 Å². The highest BCUT2D eigenvalue weighted by Gasteiger charge is 2.32. The Morgan fingerprint density at radius 2 is 1.91 bits per heavy atom. The maximum atomic E-state index is 13.2. The van der Waals surface area contributed by atoms with Gasteiger partial charge in [0.15, 0.2) is 5.82 Å². The van der Waals surface area contributed by atoms with Crippen molar-refractivity contribution >= 4 is 17.4 Å². The molecule has 4 aromatic rings. The number of nitrogens with zero attached hydrogens (tertiary/aromatic N) is 8. The first-order valence-electron chi connectivity index (χ1n) is 11.1. The van der Waals surface area contributed by atoms with Crippen molar-refractivity contribution in [3.05, 3.63) is 59.8 Å². The van der Waals surface area contributed by atoms with Crippen molar-refractivity contribution in [2.75, 3.05) is 24.5 Å². The molecule has 1 amide bonds. The monoisotopic (exact) mass is 484 g/mol. The molecule has 1 aliphatic heterocycles. The van der Waals surface area contributed by atoms with Gasteiger partial charge in [-0.1, -0.05) is 0 Å². The molecule has 0 saturated carbocycles. The Labute approximate surface area is 198 Å². The number of carbonyl (C=O) groups excluding carboxylic acids is 1. The van der Waals surface area contributed by atoms with Gasteiger partial charge >= 0.3 is 6.18 Å². The fourth-order valence-corrected chi connectivity index (χ4v) is 4.39. The van der Waals surface area contributed by atoms with E-state index in [2.05, 4.69) is 20.1 Å². The van der Waals surface area contributed by atoms with Gasteiger partial charge in [0.25, 0.3) is 5.91 Å². The Kier molecular flexibility index (Phi) is 5.45. The van der Waals surface area contributed by atoms with Gasteiger partial charge in [-0.25, -0.2) is 15.0 Å². The summed E-state index contributed by atoms with van der Waals surface area (Å²) in [6, 6.07) is 3.99. The van der Waals surface area contributed by atoms with E-state index in [9.17, 15) is 18.0 Å². The van der Waals surface area contributed by atoms with Crippen LogP contribution in [0.1, 0.15) is 28.5 Å². The van der Waals surface area contributed by atoms with Crippen molar-refractivity contribution in [2.45, 2.75) is 26.1 Å². The van der Waals surface area contributed by atoms with Crippen molar-refractivity contribution in [2.24, 2.45) is 7.05 Å². The van der Waals surface area contributed by atoms with Crippen LogP contribution in [-0.4, -0.2) is 65.6 Å². The number of hydrogen-bond acceptors (Lipinski definition) is 6. The minimum absolute atomic E-state index is 0.0580. The summed E-state index contributed by atoms with van der Waals surface area (Å²) < 4.78 is 42.6. The van der Waals surface area contributed by atoms with E-state index in [1.54, 1.807) is 30.2 Å². The molecule has 1 aliphatic rings. The van der Waals surface area contributed by atoms with Crippen molar-refractivity contribution < 1.29 is 18.0 Å². The molecule has 9 nitrogen and oxygen atoms in total. The van der Waals surface area contributed by atoms with Gasteiger partial charge < -0.3 is 9.80 Å². The zero-order valence-corrected chi connectivity index (χ0v) is 19.4. The number of rotatable bonds is 3. The number of anilines is 1. The summed E-state index contributed by atoms with van der Waals surface area (Å²) in [6.45, 7) is 5.39. The van der Waals surface area contributed by atoms with E-state index < -0.39 is 11.7 Å². The van der Waals surface area contributed by atoms with Crippen molar-refractivity contribution in [1.29, 1.82) is 0 Å². The number of pyridine rings is 1. The predicted molar refractivity (Wildman–Crippen MR) is 122 cm³/mol. The molecule has 5 rings (SSSR count). The number of amides is 1. The van der Waals surface area contributed by atoms with Gasteiger partial charge in [-0.2, -0.15) is 18.3 Å². The van der Waals surface area contributed by atoms with E-state index in [0.717, 1.165) is 12.3 Å². The van der Waals surface area contributed by atoms with Crippen molar-refractivity contribution in [3.63, 3.8) is 0 Å². The van der Waals surface area contributed by atoms with Crippen LogP contribution in [0.5, 0.6) is 0 Å². The largest absolute Gasteiger partial charge is 0.417 e. The van der Waals surface area contributed by atoms with Crippen LogP contribution in [0.3, 0.4) is 0 Å². The Morgan fingerprint density at radius 1 is 1.11 bits per heavy atom. The highest BCUT2D eigenvalue weighted by atomic mass is 19.4. The maximum Gasteiger partial charge on any atom is 0.417 e. The summed E-state index contributed by atoms with van der Waals surface area (Å²) in [5.74, 6) is 0.845. The molecule has 0 aromatic carbocycles. The number of hydrogen-bond donors (Lipinski definition) is 0. The van der Waals surface area contributed by atoms with Crippen LogP contribution < -0.4 is 4.90 Å². The van der Waals surface area contributed by atoms with Gasteiger partial charge in [0.2, 0.25) is 0 Å². The molecule has 1 atom stereocenters. The second-order valence-corrected chi connectivity index (χ2v) is 8.62. The molecule has 1 saturated heterocycles. The smallest absolute Gasteiger partial charge is 0.353 e. The van der Waals surface area contributed by atoms with Crippen LogP contribution in [-0.2, 0) is 13.2 Å². The molecule has 0 aliphatic carbocycles. The Hall–Kier alpha value is -3.96. The number of alkyl halides is 3. The molecule has 5 heterocycles. The van der Waals surface area contributed by atoms with Gasteiger partial charge in [0.1, 0.15) is 17.2 Å². The third kappa shape index (κ3) is 4.19. The molecule has 1 fully saturated rings. The number of aryl methyl sites for hydroxylation is 2. The molecule has 0 unspecified atom stereocenters. The molecule has 0 radical (unpaired) electrons. The topological polar surface area (TPSA) is 84.5 Å². The summed E-state index contributed by atoms with van der Waals surface area (Å²) in [7, 11) is 1.78. The molecule has 182 valence electrons. The van der Waals surface area contributed by atoms with Crippen LogP contribution in [0.25, 0.3) is 17.2 Å². The lowest BCUT2D eigenvalue weighted by Gasteiger charge is -2.40. The molecule has 0 bridgehead atoms.